The number of aliphatic hydroxyl groups is 3. The molecule has 0 heterocycles. The van der Waals surface area contributed by atoms with Gasteiger partial charge < -0.3 is 45.5 Å². The minimum Gasteiger partial charge on any atom is -0.495 e. The number of ether oxygens (including phenoxy) is 3. The Kier molecular flexibility index (Phi) is 27.2. The molecule has 0 aliphatic rings. The number of carbonyl (C=O) groups is 6. The standard InChI is InChI=1S/3C7H11NO4.Fe/c3*1-5(9)3-6(10)8-4-7(11)12-2;/h3*3,8,10H,4H2,1-2H3;. The molecule has 0 aliphatic heterocycles. The summed E-state index contributed by atoms with van der Waals surface area (Å²) in [5.74, 6) is -3.47. The molecule has 0 radical (unpaired) electrons. The van der Waals surface area contributed by atoms with Crippen LogP contribution in [0.5, 0.6) is 0 Å². The minimum absolute atomic E-state index is 0. The quantitative estimate of drug-likeness (QED) is 0.0551. The molecule has 0 bridgehead atoms. The Bertz CT molecular complexity index is 744. The fourth-order valence-corrected chi connectivity index (χ4v) is 1.44. The van der Waals surface area contributed by atoms with Crippen molar-refractivity contribution in [2.75, 3.05) is 41.0 Å². The Balaban J connectivity index is -0.000000218. The average molecular weight is 575 g/mol. The van der Waals surface area contributed by atoms with Gasteiger partial charge in [-0.05, 0) is 20.8 Å². The molecule has 15 nitrogen and oxygen atoms in total. The molecule has 0 aromatic rings. The topological polar surface area (TPSA) is 227 Å². The van der Waals surface area contributed by atoms with Crippen molar-refractivity contribution in [3.8, 4) is 0 Å². The molecule has 0 atom stereocenters. The van der Waals surface area contributed by atoms with Crippen molar-refractivity contribution in [2.45, 2.75) is 20.8 Å². The van der Waals surface area contributed by atoms with Gasteiger partial charge in [-0.25, -0.2) is 0 Å². The van der Waals surface area contributed by atoms with Crippen molar-refractivity contribution in [1.29, 1.82) is 0 Å². The zero-order valence-corrected chi connectivity index (χ0v) is 22.3. The molecule has 0 unspecified atom stereocenters. The molecule has 212 valence electrons. The van der Waals surface area contributed by atoms with E-state index < -0.39 is 17.9 Å². The number of ketones is 3. The van der Waals surface area contributed by atoms with Gasteiger partial charge in [0.25, 0.3) is 0 Å². The van der Waals surface area contributed by atoms with E-state index in [1.54, 1.807) is 0 Å². The summed E-state index contributed by atoms with van der Waals surface area (Å²) in [6.45, 7) is 3.38. The third-order valence-corrected chi connectivity index (χ3v) is 2.94. The molecule has 0 saturated heterocycles. The number of nitrogens with one attached hydrogen (secondary N) is 3. The summed E-state index contributed by atoms with van der Waals surface area (Å²) in [5.41, 5.74) is 0. The predicted octanol–water partition coefficient (Wildman–Crippen LogP) is -0.790. The van der Waals surface area contributed by atoms with Crippen LogP contribution in [-0.2, 0) is 60.0 Å². The first-order chi connectivity index (χ1) is 16.7. The number of hydrogen-bond acceptors (Lipinski definition) is 15. The van der Waals surface area contributed by atoms with Crippen LogP contribution in [0.3, 0.4) is 0 Å². The van der Waals surface area contributed by atoms with Gasteiger partial charge in [-0.1, -0.05) is 0 Å². The smallest absolute Gasteiger partial charge is 0.325 e. The van der Waals surface area contributed by atoms with E-state index in [0.29, 0.717) is 0 Å². The molecule has 0 aliphatic carbocycles. The number of allylic oxidation sites excluding steroid dienone is 3. The van der Waals surface area contributed by atoms with Gasteiger partial charge in [-0.3, -0.25) is 28.8 Å². The Morgan fingerprint density at radius 2 is 0.730 bits per heavy atom. The van der Waals surface area contributed by atoms with E-state index in [-0.39, 0.29) is 71.7 Å². The van der Waals surface area contributed by atoms with Crippen LogP contribution in [0.4, 0.5) is 0 Å². The van der Waals surface area contributed by atoms with E-state index >= 15 is 0 Å². The van der Waals surface area contributed by atoms with Gasteiger partial charge in [0.1, 0.15) is 19.6 Å². The molecule has 37 heavy (non-hydrogen) atoms. The molecule has 0 aromatic heterocycles. The second-order valence-electron chi connectivity index (χ2n) is 6.21. The number of methoxy groups -OCH3 is 3. The molecule has 16 heteroatoms. The van der Waals surface area contributed by atoms with Crippen LogP contribution < -0.4 is 16.0 Å². The van der Waals surface area contributed by atoms with E-state index in [1.807, 2.05) is 0 Å². The first-order valence-corrected chi connectivity index (χ1v) is 9.84. The zero-order valence-electron chi connectivity index (χ0n) is 21.2. The Labute approximate surface area is 224 Å². The summed E-state index contributed by atoms with van der Waals surface area (Å²) in [6.07, 6.45) is 2.93. The third-order valence-electron chi connectivity index (χ3n) is 2.94. The predicted molar refractivity (Wildman–Crippen MR) is 124 cm³/mol. The third kappa shape index (κ3) is 34.2. The summed E-state index contributed by atoms with van der Waals surface area (Å²) in [7, 11) is 3.70. The molecule has 0 aromatic carbocycles. The second kappa shape index (κ2) is 25.1. The van der Waals surface area contributed by atoms with Gasteiger partial charge in [-0.15, -0.1) is 0 Å². The molecular formula is C21H33FeN3O12. The molecule has 0 rings (SSSR count). The summed E-state index contributed by atoms with van der Waals surface area (Å²) < 4.78 is 12.8. The number of carbonyl (C=O) groups excluding carboxylic acids is 6. The second-order valence-corrected chi connectivity index (χ2v) is 6.21. The van der Waals surface area contributed by atoms with Crippen LogP contribution >= 0.6 is 0 Å². The van der Waals surface area contributed by atoms with Crippen LogP contribution in [0.1, 0.15) is 20.8 Å². The van der Waals surface area contributed by atoms with Crippen molar-refractivity contribution in [1.82, 2.24) is 16.0 Å². The van der Waals surface area contributed by atoms with Gasteiger partial charge in [0.2, 0.25) is 0 Å². The Morgan fingerprint density at radius 3 is 0.865 bits per heavy atom. The van der Waals surface area contributed by atoms with Gasteiger partial charge in [0.05, 0.1) is 21.3 Å². The number of aliphatic hydroxyl groups excluding tert-OH is 3. The zero-order chi connectivity index (χ0) is 28.7. The molecule has 0 fully saturated rings. The first kappa shape index (κ1) is 40.1. The van der Waals surface area contributed by atoms with E-state index in [1.165, 1.54) is 42.1 Å². The van der Waals surface area contributed by atoms with Crippen molar-refractivity contribution in [2.24, 2.45) is 0 Å². The monoisotopic (exact) mass is 575 g/mol. The van der Waals surface area contributed by atoms with Crippen LogP contribution in [0.2, 0.25) is 0 Å². The van der Waals surface area contributed by atoms with Gasteiger partial charge >= 0.3 is 17.9 Å². The summed E-state index contributed by atoms with van der Waals surface area (Å²) in [5, 5.41) is 33.5. The number of hydrogen-bond donors (Lipinski definition) is 6. The number of rotatable bonds is 12. The van der Waals surface area contributed by atoms with Crippen molar-refractivity contribution in [3.63, 3.8) is 0 Å². The maximum Gasteiger partial charge on any atom is 0.325 e. The maximum atomic E-state index is 10.5. The van der Waals surface area contributed by atoms with E-state index in [9.17, 15) is 28.8 Å². The van der Waals surface area contributed by atoms with Crippen molar-refractivity contribution < 1.29 is 75.4 Å². The molecule has 6 N–H and O–H groups in total. The van der Waals surface area contributed by atoms with E-state index in [2.05, 4.69) is 30.2 Å². The van der Waals surface area contributed by atoms with Crippen LogP contribution in [-0.4, -0.2) is 91.5 Å². The number of esters is 3. The SMILES string of the molecule is COC(=O)CNC(O)=CC(C)=O.COC(=O)CNC(O)=CC(C)=O.COC(=O)CNC(O)=CC(C)=O.[Fe]. The normalized spacial score (nSPS) is 10.4. The van der Waals surface area contributed by atoms with Crippen molar-refractivity contribution >= 4 is 35.3 Å². The fourth-order valence-electron chi connectivity index (χ4n) is 1.44. The Hall–Kier alpha value is -4.04. The first-order valence-electron chi connectivity index (χ1n) is 9.84. The summed E-state index contributed by atoms with van der Waals surface area (Å²) >= 11 is 0. The van der Waals surface area contributed by atoms with Gasteiger partial charge in [0.15, 0.2) is 35.0 Å². The van der Waals surface area contributed by atoms with Crippen LogP contribution in [0.25, 0.3) is 0 Å². The summed E-state index contributed by atoms with van der Waals surface area (Å²) in [4.78, 5) is 62.6. The molecular weight excluding hydrogens is 542 g/mol. The van der Waals surface area contributed by atoms with Gasteiger partial charge in [-0.2, -0.15) is 0 Å². The van der Waals surface area contributed by atoms with Crippen LogP contribution in [0, 0.1) is 0 Å². The van der Waals surface area contributed by atoms with Crippen LogP contribution in [0.15, 0.2) is 35.9 Å². The molecule has 0 amide bonds. The maximum absolute atomic E-state index is 10.5. The fraction of sp³-hybridized carbons (Fsp3) is 0.429. The molecule has 0 saturated carbocycles. The van der Waals surface area contributed by atoms with E-state index in [4.69, 9.17) is 15.3 Å². The largest absolute Gasteiger partial charge is 0.495 e. The van der Waals surface area contributed by atoms with Crippen molar-refractivity contribution in [3.05, 3.63) is 35.9 Å². The van der Waals surface area contributed by atoms with Gasteiger partial charge in [0, 0.05) is 35.3 Å². The summed E-state index contributed by atoms with van der Waals surface area (Å²) in [6, 6.07) is 0. The molecule has 0 spiro atoms. The average Bonchev–Trinajstić information content (AvgIpc) is 2.78. The van der Waals surface area contributed by atoms with E-state index in [0.717, 1.165) is 18.2 Å². The minimum atomic E-state index is -0.515. The Morgan fingerprint density at radius 1 is 0.541 bits per heavy atom.